The Kier molecular flexibility index (Phi) is 7.91. The molecule has 184 valence electrons. The Morgan fingerprint density at radius 2 is 1.91 bits per heavy atom. The summed E-state index contributed by atoms with van der Waals surface area (Å²) in [5, 5.41) is 0. The molecule has 0 bridgehead atoms. The molecule has 1 unspecified atom stereocenters. The quantitative estimate of drug-likeness (QED) is 0.560. The topological polar surface area (TPSA) is 79.0 Å². The molecule has 2 aliphatic heterocycles. The molecule has 1 fully saturated rings. The van der Waals surface area contributed by atoms with Crippen LogP contribution in [0.5, 0.6) is 5.75 Å². The van der Waals surface area contributed by atoms with Crippen LogP contribution in [0, 0.1) is 0 Å². The maximum atomic E-state index is 13.5. The summed E-state index contributed by atoms with van der Waals surface area (Å²) in [6, 6.07) is 15.8. The van der Waals surface area contributed by atoms with Crippen LogP contribution in [0.1, 0.15) is 48.9 Å². The molecule has 0 radical (unpaired) electrons. The second-order valence-corrected chi connectivity index (χ2v) is 11.2. The molecule has 2 atom stereocenters. The van der Waals surface area contributed by atoms with Crippen molar-refractivity contribution in [2.75, 3.05) is 32.4 Å². The Morgan fingerprint density at radius 3 is 2.62 bits per heavy atom. The van der Waals surface area contributed by atoms with Crippen LogP contribution in [0.15, 0.2) is 48.5 Å². The summed E-state index contributed by atoms with van der Waals surface area (Å²) in [7, 11) is -1.40. The molecule has 0 aliphatic carbocycles. The minimum atomic E-state index is -3.27. The highest BCUT2D eigenvalue weighted by atomic mass is 32.2. The third kappa shape index (κ3) is 5.98. The number of carbonyl (C=O) groups excluding carboxylic acids is 1. The maximum Gasteiger partial charge on any atom is 0.264 e. The highest BCUT2D eigenvalue weighted by molar-refractivity contribution is 7.89. The minimum Gasteiger partial charge on any atom is -0.480 e. The molecule has 2 aromatic rings. The second-order valence-electron chi connectivity index (χ2n) is 9.28. The van der Waals surface area contributed by atoms with Crippen molar-refractivity contribution in [3.63, 3.8) is 0 Å². The van der Waals surface area contributed by atoms with E-state index in [9.17, 15) is 13.2 Å². The molecular formula is C26H35N3O4S. The van der Waals surface area contributed by atoms with Crippen molar-refractivity contribution >= 4 is 15.9 Å². The van der Waals surface area contributed by atoms with Gasteiger partial charge in [-0.2, -0.15) is 0 Å². The molecule has 1 amide bonds. The first-order chi connectivity index (χ1) is 16.4. The zero-order valence-corrected chi connectivity index (χ0v) is 20.9. The van der Waals surface area contributed by atoms with Crippen molar-refractivity contribution in [2.45, 2.75) is 51.3 Å². The number of hydrogen-bond acceptors (Lipinski definition) is 5. The fourth-order valence-electron chi connectivity index (χ4n) is 4.80. The van der Waals surface area contributed by atoms with Crippen LogP contribution >= 0.6 is 0 Å². The van der Waals surface area contributed by atoms with E-state index in [2.05, 4.69) is 21.8 Å². The van der Waals surface area contributed by atoms with E-state index < -0.39 is 16.1 Å². The van der Waals surface area contributed by atoms with E-state index in [4.69, 9.17) is 4.74 Å². The van der Waals surface area contributed by atoms with Crippen molar-refractivity contribution in [1.82, 2.24) is 14.5 Å². The standard InChI is InChI=1S/C26H35N3O4S/c1-3-15-34(31,32)27-18-20-11-12-24-22(16-20)17-25(33-24)26(30)28(2)23(19-29-13-7-8-14-29)21-9-5-4-6-10-21/h4-6,9-12,16,23,25,27H,3,7-8,13-15,17-19H2,1-2H3/t23?,25-/m0/s1. The van der Waals surface area contributed by atoms with E-state index in [1.165, 1.54) is 12.8 Å². The van der Waals surface area contributed by atoms with Crippen LogP contribution in [0.4, 0.5) is 0 Å². The van der Waals surface area contributed by atoms with Gasteiger partial charge >= 0.3 is 0 Å². The van der Waals surface area contributed by atoms with Gasteiger partial charge in [0.05, 0.1) is 11.8 Å². The van der Waals surface area contributed by atoms with Crippen molar-refractivity contribution in [2.24, 2.45) is 0 Å². The zero-order chi connectivity index (χ0) is 24.1. The molecule has 2 aromatic carbocycles. The Hall–Kier alpha value is -2.42. The van der Waals surface area contributed by atoms with Crippen LogP contribution in [-0.2, 0) is 27.8 Å². The van der Waals surface area contributed by atoms with Gasteiger partial charge in [-0.15, -0.1) is 0 Å². The van der Waals surface area contributed by atoms with E-state index in [1.54, 1.807) is 0 Å². The highest BCUT2D eigenvalue weighted by Gasteiger charge is 2.35. The van der Waals surface area contributed by atoms with Crippen molar-refractivity contribution < 1.29 is 17.9 Å². The monoisotopic (exact) mass is 485 g/mol. The van der Waals surface area contributed by atoms with Crippen molar-refractivity contribution in [3.8, 4) is 5.75 Å². The van der Waals surface area contributed by atoms with Crippen molar-refractivity contribution in [1.29, 1.82) is 0 Å². The highest BCUT2D eigenvalue weighted by Crippen LogP contribution is 2.32. The van der Waals surface area contributed by atoms with E-state index in [0.29, 0.717) is 18.6 Å². The number of sulfonamides is 1. The van der Waals surface area contributed by atoms with E-state index >= 15 is 0 Å². The average Bonchev–Trinajstić information content (AvgIpc) is 3.50. The SMILES string of the molecule is CCCS(=O)(=O)NCc1ccc2c(c1)C[C@@H](C(=O)N(C)C(CN1CCCC1)c1ccccc1)O2. The lowest BCUT2D eigenvalue weighted by Gasteiger charge is -2.33. The summed E-state index contributed by atoms with van der Waals surface area (Å²) < 4.78 is 32.6. The first-order valence-electron chi connectivity index (χ1n) is 12.2. The first kappa shape index (κ1) is 24.7. The number of nitrogens with zero attached hydrogens (tertiary/aromatic N) is 2. The first-order valence-corrected chi connectivity index (χ1v) is 13.8. The Morgan fingerprint density at radius 1 is 1.18 bits per heavy atom. The molecule has 2 aliphatic rings. The van der Waals surface area contributed by atoms with E-state index in [-0.39, 0.29) is 24.2 Å². The zero-order valence-electron chi connectivity index (χ0n) is 20.1. The summed E-state index contributed by atoms with van der Waals surface area (Å²) in [5.41, 5.74) is 2.93. The van der Waals surface area contributed by atoms with Gasteiger partial charge in [0.15, 0.2) is 6.10 Å². The summed E-state index contributed by atoms with van der Waals surface area (Å²) in [4.78, 5) is 17.8. The number of amides is 1. The third-order valence-corrected chi connectivity index (χ3v) is 8.20. The molecule has 0 aromatic heterocycles. The number of rotatable bonds is 10. The Balaban J connectivity index is 1.43. The molecule has 0 spiro atoms. The number of fused-ring (bicyclic) bond motifs is 1. The largest absolute Gasteiger partial charge is 0.480 e. The second kappa shape index (κ2) is 10.9. The number of carbonyl (C=O) groups is 1. The molecule has 0 saturated carbocycles. The number of hydrogen-bond donors (Lipinski definition) is 1. The fraction of sp³-hybridized carbons (Fsp3) is 0.500. The van der Waals surface area contributed by atoms with Gasteiger partial charge in [0.25, 0.3) is 5.91 Å². The van der Waals surface area contributed by atoms with Crippen LogP contribution in [0.3, 0.4) is 0 Å². The minimum absolute atomic E-state index is 0.0329. The predicted molar refractivity (Wildman–Crippen MR) is 133 cm³/mol. The molecular weight excluding hydrogens is 450 g/mol. The lowest BCUT2D eigenvalue weighted by molar-refractivity contribution is -0.139. The van der Waals surface area contributed by atoms with Gasteiger partial charge in [-0.05, 0) is 55.1 Å². The Labute approximate surface area is 203 Å². The number of nitrogens with one attached hydrogen (secondary N) is 1. The van der Waals surface area contributed by atoms with Crippen LogP contribution in [0.25, 0.3) is 0 Å². The summed E-state index contributed by atoms with van der Waals surface area (Å²) in [6.07, 6.45) is 2.90. The lowest BCUT2D eigenvalue weighted by atomic mass is 10.0. The van der Waals surface area contributed by atoms with Gasteiger partial charge < -0.3 is 14.5 Å². The van der Waals surface area contributed by atoms with E-state index in [0.717, 1.165) is 36.3 Å². The van der Waals surface area contributed by atoms with Gasteiger partial charge in [-0.1, -0.05) is 49.4 Å². The predicted octanol–water partition coefficient (Wildman–Crippen LogP) is 3.12. The normalized spacial score (nSPS) is 18.9. The van der Waals surface area contributed by atoms with Crippen LogP contribution in [-0.4, -0.2) is 62.7 Å². The maximum absolute atomic E-state index is 13.5. The summed E-state index contributed by atoms with van der Waals surface area (Å²) in [5.74, 6) is 0.779. The van der Waals surface area contributed by atoms with Gasteiger partial charge in [0, 0.05) is 26.6 Å². The summed E-state index contributed by atoms with van der Waals surface area (Å²) in [6.45, 7) is 5.03. The van der Waals surface area contributed by atoms with Crippen LogP contribution < -0.4 is 9.46 Å². The number of ether oxygens (including phenoxy) is 1. The molecule has 34 heavy (non-hydrogen) atoms. The Bertz CT molecular complexity index is 1080. The fourth-order valence-corrected chi connectivity index (χ4v) is 5.87. The molecule has 1 N–H and O–H groups in total. The van der Waals surface area contributed by atoms with Gasteiger partial charge in [-0.3, -0.25) is 4.79 Å². The van der Waals surface area contributed by atoms with E-state index in [1.807, 2.05) is 55.3 Å². The van der Waals surface area contributed by atoms with Crippen LogP contribution in [0.2, 0.25) is 0 Å². The molecule has 2 heterocycles. The smallest absolute Gasteiger partial charge is 0.264 e. The van der Waals surface area contributed by atoms with Crippen molar-refractivity contribution in [3.05, 3.63) is 65.2 Å². The summed E-state index contributed by atoms with van der Waals surface area (Å²) >= 11 is 0. The molecule has 4 rings (SSSR count). The third-order valence-electron chi connectivity index (χ3n) is 6.67. The molecule has 8 heteroatoms. The number of benzene rings is 2. The number of likely N-dealkylation sites (tertiary alicyclic amines) is 1. The van der Waals surface area contributed by atoms with Gasteiger partial charge in [0.1, 0.15) is 5.75 Å². The lowest BCUT2D eigenvalue weighted by Crippen LogP contribution is -2.44. The van der Waals surface area contributed by atoms with Gasteiger partial charge in [0.2, 0.25) is 10.0 Å². The van der Waals surface area contributed by atoms with Gasteiger partial charge in [-0.25, -0.2) is 13.1 Å². The number of likely N-dealkylation sites (N-methyl/N-ethyl adjacent to an activating group) is 1. The molecule has 1 saturated heterocycles. The average molecular weight is 486 g/mol. The molecule has 7 nitrogen and oxygen atoms in total.